The van der Waals surface area contributed by atoms with E-state index in [4.69, 9.17) is 16.3 Å². The summed E-state index contributed by atoms with van der Waals surface area (Å²) in [6, 6.07) is 12.4. The number of esters is 1. The second-order valence-electron chi connectivity index (χ2n) is 6.91. The molecule has 0 aromatic heterocycles. The van der Waals surface area contributed by atoms with Crippen molar-refractivity contribution in [3.8, 4) is 0 Å². The van der Waals surface area contributed by atoms with Crippen LogP contribution in [-0.2, 0) is 14.9 Å². The number of carbonyl (C=O) groups excluding carboxylic acids is 2. The molecule has 25 heavy (non-hydrogen) atoms. The normalized spacial score (nSPS) is 11.1. The van der Waals surface area contributed by atoms with Crippen LogP contribution in [0.1, 0.15) is 42.3 Å². The average molecular weight is 360 g/mol. The van der Waals surface area contributed by atoms with Gasteiger partial charge in [0.15, 0.2) is 6.61 Å². The molecule has 0 saturated carbocycles. The number of nitrogens with one attached hydrogen (secondary N) is 1. The Morgan fingerprint density at radius 1 is 1.08 bits per heavy atom. The molecule has 2 rings (SSSR count). The van der Waals surface area contributed by atoms with Crippen molar-refractivity contribution in [1.82, 2.24) is 0 Å². The van der Waals surface area contributed by atoms with Gasteiger partial charge in [-0.3, -0.25) is 4.79 Å². The van der Waals surface area contributed by atoms with Crippen LogP contribution in [0, 0.1) is 6.92 Å². The van der Waals surface area contributed by atoms with Gasteiger partial charge in [0.25, 0.3) is 5.91 Å². The van der Waals surface area contributed by atoms with E-state index in [0.29, 0.717) is 16.3 Å². The smallest absolute Gasteiger partial charge is 0.338 e. The third-order valence-corrected chi connectivity index (χ3v) is 4.03. The summed E-state index contributed by atoms with van der Waals surface area (Å²) >= 11 is 5.92. The summed E-state index contributed by atoms with van der Waals surface area (Å²) in [6.07, 6.45) is 0. The van der Waals surface area contributed by atoms with Crippen molar-refractivity contribution < 1.29 is 14.3 Å². The zero-order valence-electron chi connectivity index (χ0n) is 14.9. The van der Waals surface area contributed by atoms with E-state index >= 15 is 0 Å². The Morgan fingerprint density at radius 2 is 1.72 bits per heavy atom. The molecule has 0 spiro atoms. The second-order valence-corrected chi connectivity index (χ2v) is 7.35. The maximum absolute atomic E-state index is 12.1. The van der Waals surface area contributed by atoms with E-state index in [1.165, 1.54) is 0 Å². The highest BCUT2D eigenvalue weighted by Gasteiger charge is 2.15. The number of anilines is 1. The zero-order chi connectivity index (χ0) is 18.6. The summed E-state index contributed by atoms with van der Waals surface area (Å²) in [4.78, 5) is 24.0. The molecule has 0 unspecified atom stereocenters. The number of aryl methyl sites for hydroxylation is 1. The lowest BCUT2D eigenvalue weighted by Crippen LogP contribution is -2.21. The van der Waals surface area contributed by atoms with Crippen LogP contribution in [0.3, 0.4) is 0 Å². The van der Waals surface area contributed by atoms with Gasteiger partial charge in [-0.1, -0.05) is 50.6 Å². The first-order valence-electron chi connectivity index (χ1n) is 8.00. The van der Waals surface area contributed by atoms with Crippen molar-refractivity contribution in [3.63, 3.8) is 0 Å². The molecule has 0 aliphatic heterocycles. The lowest BCUT2D eigenvalue weighted by Gasteiger charge is -2.18. The summed E-state index contributed by atoms with van der Waals surface area (Å²) in [5.74, 6) is -0.941. The summed E-state index contributed by atoms with van der Waals surface area (Å²) in [5.41, 5.74) is 3.03. The molecule has 132 valence electrons. The first-order valence-corrected chi connectivity index (χ1v) is 8.38. The molecule has 0 saturated heterocycles. The monoisotopic (exact) mass is 359 g/mol. The fourth-order valence-electron chi connectivity index (χ4n) is 2.24. The number of hydrogen-bond acceptors (Lipinski definition) is 3. The van der Waals surface area contributed by atoms with Crippen LogP contribution in [-0.4, -0.2) is 18.5 Å². The van der Waals surface area contributed by atoms with Gasteiger partial charge in [0, 0.05) is 10.7 Å². The lowest BCUT2D eigenvalue weighted by molar-refractivity contribution is -0.119. The molecular formula is C20H22ClNO3. The largest absolute Gasteiger partial charge is 0.452 e. The van der Waals surface area contributed by atoms with Gasteiger partial charge in [-0.25, -0.2) is 4.79 Å². The van der Waals surface area contributed by atoms with Crippen LogP contribution >= 0.6 is 11.6 Å². The summed E-state index contributed by atoms with van der Waals surface area (Å²) in [5, 5.41) is 3.21. The Morgan fingerprint density at radius 3 is 2.32 bits per heavy atom. The van der Waals surface area contributed by atoms with Gasteiger partial charge in [0.1, 0.15) is 0 Å². The fraction of sp³-hybridized carbons (Fsp3) is 0.300. The first-order chi connectivity index (χ1) is 11.7. The Labute approximate surface area is 153 Å². The fourth-order valence-corrected chi connectivity index (χ4v) is 2.41. The number of rotatable bonds is 4. The highest BCUT2D eigenvalue weighted by molar-refractivity contribution is 6.31. The summed E-state index contributed by atoms with van der Waals surface area (Å²) in [6.45, 7) is 7.80. The molecule has 0 bridgehead atoms. The maximum Gasteiger partial charge on any atom is 0.338 e. The molecule has 4 nitrogen and oxygen atoms in total. The van der Waals surface area contributed by atoms with Crippen molar-refractivity contribution in [2.75, 3.05) is 11.9 Å². The number of carbonyl (C=O) groups is 2. The van der Waals surface area contributed by atoms with E-state index in [0.717, 1.165) is 11.1 Å². The molecule has 2 aromatic carbocycles. The van der Waals surface area contributed by atoms with Crippen molar-refractivity contribution in [2.45, 2.75) is 33.1 Å². The molecule has 0 heterocycles. The van der Waals surface area contributed by atoms with Gasteiger partial charge in [-0.2, -0.15) is 0 Å². The standard InChI is InChI=1S/C20H22ClNO3/c1-13-5-10-16(21)11-17(13)22-18(23)12-25-19(24)14-6-8-15(9-7-14)20(2,3)4/h5-11H,12H2,1-4H3,(H,22,23). The van der Waals surface area contributed by atoms with Crippen LogP contribution in [0.5, 0.6) is 0 Å². The van der Waals surface area contributed by atoms with Gasteiger partial charge in [-0.05, 0) is 47.7 Å². The molecule has 2 aromatic rings. The van der Waals surface area contributed by atoms with E-state index in [1.807, 2.05) is 19.1 Å². The van der Waals surface area contributed by atoms with Crippen LogP contribution < -0.4 is 5.32 Å². The highest BCUT2D eigenvalue weighted by atomic mass is 35.5. The number of hydrogen-bond donors (Lipinski definition) is 1. The van der Waals surface area contributed by atoms with E-state index in [2.05, 4.69) is 26.1 Å². The van der Waals surface area contributed by atoms with E-state index in [9.17, 15) is 9.59 Å². The zero-order valence-corrected chi connectivity index (χ0v) is 15.6. The van der Waals surface area contributed by atoms with Crippen molar-refractivity contribution >= 4 is 29.2 Å². The average Bonchev–Trinajstić information content (AvgIpc) is 2.55. The summed E-state index contributed by atoms with van der Waals surface area (Å²) in [7, 11) is 0. The minimum Gasteiger partial charge on any atom is -0.452 e. The van der Waals surface area contributed by atoms with Crippen molar-refractivity contribution in [1.29, 1.82) is 0 Å². The number of amides is 1. The minimum absolute atomic E-state index is 0.0110. The quantitative estimate of drug-likeness (QED) is 0.802. The maximum atomic E-state index is 12.1. The topological polar surface area (TPSA) is 55.4 Å². The number of benzene rings is 2. The molecule has 0 radical (unpaired) electrons. The van der Waals surface area contributed by atoms with Crippen LogP contribution in [0.15, 0.2) is 42.5 Å². The third kappa shape index (κ3) is 5.33. The third-order valence-electron chi connectivity index (χ3n) is 3.79. The highest BCUT2D eigenvalue weighted by Crippen LogP contribution is 2.22. The predicted molar refractivity (Wildman–Crippen MR) is 100 cm³/mol. The number of ether oxygens (including phenoxy) is 1. The molecular weight excluding hydrogens is 338 g/mol. The van der Waals surface area contributed by atoms with Gasteiger partial charge in [0.05, 0.1) is 5.56 Å². The van der Waals surface area contributed by atoms with Crippen molar-refractivity contribution in [3.05, 3.63) is 64.2 Å². The van der Waals surface area contributed by atoms with E-state index < -0.39 is 11.9 Å². The first kappa shape index (κ1) is 19.0. The minimum atomic E-state index is -0.529. The molecule has 1 N–H and O–H groups in total. The van der Waals surface area contributed by atoms with Gasteiger partial charge in [-0.15, -0.1) is 0 Å². The second kappa shape index (κ2) is 7.70. The molecule has 0 aliphatic rings. The molecule has 0 aliphatic carbocycles. The molecule has 1 amide bonds. The van der Waals surface area contributed by atoms with Crippen molar-refractivity contribution in [2.24, 2.45) is 0 Å². The molecule has 0 fully saturated rings. The molecule has 5 heteroatoms. The van der Waals surface area contributed by atoms with E-state index in [-0.39, 0.29) is 12.0 Å². The Balaban J connectivity index is 1.93. The molecule has 0 atom stereocenters. The Kier molecular flexibility index (Phi) is 5.85. The Bertz CT molecular complexity index is 777. The SMILES string of the molecule is Cc1ccc(Cl)cc1NC(=O)COC(=O)c1ccc(C(C)(C)C)cc1. The van der Waals surface area contributed by atoms with Crippen LogP contribution in [0.2, 0.25) is 5.02 Å². The number of halogens is 1. The Hall–Kier alpha value is -2.33. The van der Waals surface area contributed by atoms with Crippen LogP contribution in [0.25, 0.3) is 0 Å². The predicted octanol–water partition coefficient (Wildman–Crippen LogP) is 4.74. The van der Waals surface area contributed by atoms with E-state index in [1.54, 1.807) is 30.3 Å². The summed E-state index contributed by atoms with van der Waals surface area (Å²) < 4.78 is 5.07. The lowest BCUT2D eigenvalue weighted by atomic mass is 9.87. The van der Waals surface area contributed by atoms with Crippen LogP contribution in [0.4, 0.5) is 5.69 Å². The van der Waals surface area contributed by atoms with Gasteiger partial charge < -0.3 is 10.1 Å². The van der Waals surface area contributed by atoms with Gasteiger partial charge >= 0.3 is 5.97 Å². The van der Waals surface area contributed by atoms with Gasteiger partial charge in [0.2, 0.25) is 0 Å².